The summed E-state index contributed by atoms with van der Waals surface area (Å²) in [4.78, 5) is 14.7. The van der Waals surface area contributed by atoms with Gasteiger partial charge in [0.05, 0.1) is 15.1 Å². The highest BCUT2D eigenvalue weighted by molar-refractivity contribution is 7.89. The van der Waals surface area contributed by atoms with Crippen LogP contribution in [0.25, 0.3) is 10.2 Å². The average Bonchev–Trinajstić information content (AvgIpc) is 3.08. The minimum atomic E-state index is -3.67. The molecule has 0 amide bonds. The molecule has 1 saturated heterocycles. The van der Waals surface area contributed by atoms with E-state index in [1.54, 1.807) is 22.8 Å². The Morgan fingerprint density at radius 2 is 1.73 bits per heavy atom. The highest BCUT2D eigenvalue weighted by Gasteiger charge is 2.18. The number of nitrogens with zero attached hydrogens (tertiary/aromatic N) is 2. The topological polar surface area (TPSA) is 71.4 Å². The number of sulfonamides is 1. The van der Waals surface area contributed by atoms with Crippen molar-refractivity contribution < 1.29 is 8.42 Å². The summed E-state index contributed by atoms with van der Waals surface area (Å²) in [6.07, 6.45) is 3.74. The van der Waals surface area contributed by atoms with Crippen molar-refractivity contribution in [3.8, 4) is 0 Å². The second-order valence-corrected chi connectivity index (χ2v) is 10.8. The molecule has 4 rings (SSSR count). The van der Waals surface area contributed by atoms with Crippen molar-refractivity contribution in [2.24, 2.45) is 0 Å². The molecule has 3 aromatic rings. The Labute approximate surface area is 181 Å². The molecule has 0 atom stereocenters. The molecular weight excluding hydrogens is 418 g/mol. The Hall–Kier alpha value is -2.16. The predicted octanol–water partition coefficient (Wildman–Crippen LogP) is 4.11. The summed E-state index contributed by atoms with van der Waals surface area (Å²) in [5, 5.41) is 0. The van der Waals surface area contributed by atoms with Gasteiger partial charge in [-0.1, -0.05) is 23.5 Å². The first-order valence-corrected chi connectivity index (χ1v) is 12.6. The molecule has 0 unspecified atom stereocenters. The minimum Gasteiger partial charge on any atom is -0.372 e. The van der Waals surface area contributed by atoms with Crippen LogP contribution in [0.1, 0.15) is 44.7 Å². The van der Waals surface area contributed by atoms with Crippen LogP contribution in [0.4, 0.5) is 5.69 Å². The fourth-order valence-electron chi connectivity index (χ4n) is 3.91. The highest BCUT2D eigenvalue weighted by atomic mass is 32.2. The van der Waals surface area contributed by atoms with E-state index in [1.807, 2.05) is 26.0 Å². The van der Waals surface area contributed by atoms with Gasteiger partial charge in [-0.3, -0.25) is 9.36 Å². The monoisotopic (exact) mass is 445 g/mol. The lowest BCUT2D eigenvalue weighted by molar-refractivity contribution is 0.577. The molecule has 1 aliphatic heterocycles. The molecule has 1 aromatic heterocycles. The fraction of sp³-hybridized carbons (Fsp3) is 0.409. The van der Waals surface area contributed by atoms with Gasteiger partial charge in [-0.2, -0.15) is 0 Å². The Bertz CT molecular complexity index is 1190. The summed E-state index contributed by atoms with van der Waals surface area (Å²) in [6, 6.07) is 13.0. The largest absolute Gasteiger partial charge is 0.372 e. The maximum atomic E-state index is 12.8. The Morgan fingerprint density at radius 3 is 2.40 bits per heavy atom. The zero-order valence-electron chi connectivity index (χ0n) is 17.3. The lowest BCUT2D eigenvalue weighted by Gasteiger charge is -2.28. The van der Waals surface area contributed by atoms with Crippen LogP contribution in [0.3, 0.4) is 0 Å². The summed E-state index contributed by atoms with van der Waals surface area (Å²) in [5.41, 5.74) is 2.87. The fourth-order valence-corrected chi connectivity index (χ4v) is 6.08. The number of piperidine rings is 1. The first kappa shape index (κ1) is 21.1. The van der Waals surface area contributed by atoms with Gasteiger partial charge in [0.1, 0.15) is 0 Å². The standard InChI is InChI=1S/C22H27N3O3S2/c1-16(2)25-20-11-10-19(14-21(20)29-22(25)26)30(27,28)23-15-17-6-8-18(9-7-17)24-12-4-3-5-13-24/h6-11,14,16,23H,3-5,12-13,15H2,1-2H3. The smallest absolute Gasteiger partial charge is 0.308 e. The molecule has 160 valence electrons. The van der Waals surface area contributed by atoms with Crippen LogP contribution in [0.2, 0.25) is 0 Å². The van der Waals surface area contributed by atoms with Gasteiger partial charge in [-0.25, -0.2) is 13.1 Å². The van der Waals surface area contributed by atoms with E-state index in [0.29, 0.717) is 4.70 Å². The van der Waals surface area contributed by atoms with Crippen molar-refractivity contribution in [1.82, 2.24) is 9.29 Å². The van der Waals surface area contributed by atoms with Crippen LogP contribution in [0.5, 0.6) is 0 Å². The third-order valence-electron chi connectivity index (χ3n) is 5.54. The van der Waals surface area contributed by atoms with Gasteiger partial charge >= 0.3 is 4.87 Å². The molecule has 0 saturated carbocycles. The number of anilines is 1. The Kier molecular flexibility index (Phi) is 5.99. The van der Waals surface area contributed by atoms with Crippen molar-refractivity contribution >= 4 is 37.3 Å². The van der Waals surface area contributed by atoms with Crippen LogP contribution in [-0.4, -0.2) is 26.1 Å². The van der Waals surface area contributed by atoms with E-state index in [9.17, 15) is 13.2 Å². The summed E-state index contributed by atoms with van der Waals surface area (Å²) >= 11 is 1.08. The number of thiazole rings is 1. The van der Waals surface area contributed by atoms with E-state index in [0.717, 1.165) is 35.5 Å². The van der Waals surface area contributed by atoms with Gasteiger partial charge in [-0.15, -0.1) is 0 Å². The quantitative estimate of drug-likeness (QED) is 0.620. The molecule has 2 heterocycles. The minimum absolute atomic E-state index is 0.0275. The van der Waals surface area contributed by atoms with Gasteiger partial charge in [0.2, 0.25) is 10.0 Å². The molecule has 0 aliphatic carbocycles. The summed E-state index contributed by atoms with van der Waals surface area (Å²) in [6.45, 7) is 6.27. The van der Waals surface area contributed by atoms with Crippen LogP contribution in [0.15, 0.2) is 52.2 Å². The number of hydrogen-bond acceptors (Lipinski definition) is 5. The van der Waals surface area contributed by atoms with Gasteiger partial charge in [0, 0.05) is 31.4 Å². The second-order valence-electron chi connectivity index (χ2n) is 8.00. The number of hydrogen-bond donors (Lipinski definition) is 1. The first-order valence-electron chi connectivity index (χ1n) is 10.3. The molecule has 30 heavy (non-hydrogen) atoms. The molecule has 0 bridgehead atoms. The van der Waals surface area contributed by atoms with E-state index in [1.165, 1.54) is 24.9 Å². The van der Waals surface area contributed by atoms with E-state index < -0.39 is 10.0 Å². The molecule has 2 aromatic carbocycles. The van der Waals surface area contributed by atoms with Gasteiger partial charge in [0.25, 0.3) is 0 Å². The molecule has 1 fully saturated rings. The van der Waals surface area contributed by atoms with E-state index in [2.05, 4.69) is 21.8 Å². The van der Waals surface area contributed by atoms with Crippen LogP contribution in [-0.2, 0) is 16.6 Å². The summed E-state index contributed by atoms with van der Waals surface area (Å²) in [5.74, 6) is 0. The SMILES string of the molecule is CC(C)n1c(=O)sc2cc(S(=O)(=O)NCc3ccc(N4CCCCC4)cc3)ccc21. The zero-order valence-corrected chi connectivity index (χ0v) is 18.9. The summed E-state index contributed by atoms with van der Waals surface area (Å²) in [7, 11) is -3.67. The number of fused-ring (bicyclic) bond motifs is 1. The Balaban J connectivity index is 1.48. The van der Waals surface area contributed by atoms with Crippen LogP contribution in [0, 0.1) is 0 Å². The molecule has 1 aliphatic rings. The van der Waals surface area contributed by atoms with Gasteiger partial charge < -0.3 is 4.90 Å². The maximum absolute atomic E-state index is 12.8. The van der Waals surface area contributed by atoms with Crippen molar-refractivity contribution in [3.05, 3.63) is 57.7 Å². The Morgan fingerprint density at radius 1 is 1.03 bits per heavy atom. The maximum Gasteiger partial charge on any atom is 0.308 e. The number of nitrogens with one attached hydrogen (secondary N) is 1. The number of aromatic nitrogens is 1. The zero-order chi connectivity index (χ0) is 21.3. The van der Waals surface area contributed by atoms with E-state index in [-0.39, 0.29) is 22.4 Å². The normalized spacial score (nSPS) is 15.2. The third kappa shape index (κ3) is 4.31. The molecule has 1 N–H and O–H groups in total. The molecule has 8 heteroatoms. The average molecular weight is 446 g/mol. The third-order valence-corrected chi connectivity index (χ3v) is 7.85. The molecule has 6 nitrogen and oxygen atoms in total. The van der Waals surface area contributed by atoms with Crippen molar-refractivity contribution in [2.75, 3.05) is 18.0 Å². The molecular formula is C22H27N3O3S2. The van der Waals surface area contributed by atoms with Gasteiger partial charge in [-0.05, 0) is 69.0 Å². The number of benzene rings is 2. The molecule has 0 spiro atoms. The van der Waals surface area contributed by atoms with Crippen molar-refractivity contribution in [3.63, 3.8) is 0 Å². The first-order chi connectivity index (χ1) is 14.3. The predicted molar refractivity (Wildman–Crippen MR) is 123 cm³/mol. The van der Waals surface area contributed by atoms with Crippen molar-refractivity contribution in [1.29, 1.82) is 0 Å². The second kappa shape index (κ2) is 8.53. The van der Waals surface area contributed by atoms with Crippen LogP contribution >= 0.6 is 11.3 Å². The lowest BCUT2D eigenvalue weighted by atomic mass is 10.1. The lowest BCUT2D eigenvalue weighted by Crippen LogP contribution is -2.29. The van der Waals surface area contributed by atoms with Crippen molar-refractivity contribution in [2.45, 2.75) is 50.6 Å². The number of rotatable bonds is 6. The highest BCUT2D eigenvalue weighted by Crippen LogP contribution is 2.24. The van der Waals surface area contributed by atoms with Gasteiger partial charge in [0.15, 0.2) is 0 Å². The van der Waals surface area contributed by atoms with E-state index >= 15 is 0 Å². The van der Waals surface area contributed by atoms with E-state index in [4.69, 9.17) is 0 Å². The summed E-state index contributed by atoms with van der Waals surface area (Å²) < 4.78 is 30.6. The molecule has 0 radical (unpaired) electrons. The van der Waals surface area contributed by atoms with Crippen LogP contribution < -0.4 is 14.5 Å².